The van der Waals surface area contributed by atoms with Crippen molar-refractivity contribution in [3.05, 3.63) is 56.7 Å². The SMILES string of the molecule is CCCn1c(=O)c(N)c(N)n(CCc2ccccc2)c1=O. The van der Waals surface area contributed by atoms with Crippen molar-refractivity contribution in [1.82, 2.24) is 9.13 Å². The van der Waals surface area contributed by atoms with Gasteiger partial charge in [-0.3, -0.25) is 13.9 Å². The van der Waals surface area contributed by atoms with Crippen LogP contribution >= 0.6 is 0 Å². The molecule has 2 rings (SSSR count). The van der Waals surface area contributed by atoms with Crippen LogP contribution in [0, 0.1) is 0 Å². The number of nitrogen functional groups attached to an aromatic ring is 2. The van der Waals surface area contributed by atoms with E-state index < -0.39 is 11.2 Å². The molecule has 21 heavy (non-hydrogen) atoms. The van der Waals surface area contributed by atoms with Gasteiger partial charge in [0.2, 0.25) is 0 Å². The molecular formula is C15H20N4O2. The Labute approximate surface area is 122 Å². The Morgan fingerprint density at radius 2 is 1.67 bits per heavy atom. The van der Waals surface area contributed by atoms with Gasteiger partial charge >= 0.3 is 5.69 Å². The van der Waals surface area contributed by atoms with Crippen molar-refractivity contribution >= 4 is 11.5 Å². The lowest BCUT2D eigenvalue weighted by atomic mass is 10.1. The maximum absolute atomic E-state index is 12.4. The molecule has 2 aromatic rings. The summed E-state index contributed by atoms with van der Waals surface area (Å²) in [6.45, 7) is 2.63. The van der Waals surface area contributed by atoms with Gasteiger partial charge in [-0.2, -0.15) is 0 Å². The lowest BCUT2D eigenvalue weighted by Crippen LogP contribution is -2.42. The number of benzene rings is 1. The van der Waals surface area contributed by atoms with E-state index in [0.29, 0.717) is 25.9 Å². The van der Waals surface area contributed by atoms with Crippen LogP contribution in [-0.4, -0.2) is 9.13 Å². The normalized spacial score (nSPS) is 10.7. The quantitative estimate of drug-likeness (QED) is 0.851. The highest BCUT2D eigenvalue weighted by Gasteiger charge is 2.14. The van der Waals surface area contributed by atoms with Crippen LogP contribution < -0.4 is 22.7 Å². The predicted octanol–water partition coefficient (Wildman–Crippen LogP) is 0.827. The van der Waals surface area contributed by atoms with Crippen LogP contribution in [0.4, 0.5) is 11.5 Å². The summed E-state index contributed by atoms with van der Waals surface area (Å²) in [6, 6.07) is 9.77. The Hall–Kier alpha value is -2.50. The topological polar surface area (TPSA) is 96.0 Å². The lowest BCUT2D eigenvalue weighted by Gasteiger charge is -2.14. The lowest BCUT2D eigenvalue weighted by molar-refractivity contribution is 0.553. The maximum atomic E-state index is 12.4. The molecule has 0 unspecified atom stereocenters. The van der Waals surface area contributed by atoms with Crippen molar-refractivity contribution in [3.63, 3.8) is 0 Å². The van der Waals surface area contributed by atoms with E-state index in [4.69, 9.17) is 11.5 Å². The highest BCUT2D eigenvalue weighted by molar-refractivity contribution is 5.56. The van der Waals surface area contributed by atoms with Crippen molar-refractivity contribution in [3.8, 4) is 0 Å². The summed E-state index contributed by atoms with van der Waals surface area (Å²) in [6.07, 6.45) is 1.33. The zero-order valence-corrected chi connectivity index (χ0v) is 12.1. The molecule has 0 aliphatic heterocycles. The van der Waals surface area contributed by atoms with Crippen molar-refractivity contribution < 1.29 is 0 Å². The molecule has 0 aliphatic rings. The van der Waals surface area contributed by atoms with Gasteiger partial charge in [-0.05, 0) is 18.4 Å². The Bertz CT molecular complexity index is 732. The minimum absolute atomic E-state index is 0.0493. The fourth-order valence-electron chi connectivity index (χ4n) is 2.26. The summed E-state index contributed by atoms with van der Waals surface area (Å²) in [7, 11) is 0. The van der Waals surface area contributed by atoms with Gasteiger partial charge in [0.1, 0.15) is 11.5 Å². The van der Waals surface area contributed by atoms with Gasteiger partial charge in [0.15, 0.2) is 0 Å². The molecule has 1 aromatic carbocycles. The molecule has 6 heteroatoms. The molecule has 0 aliphatic carbocycles. The number of hydrogen-bond donors (Lipinski definition) is 2. The second-order valence-electron chi connectivity index (χ2n) is 4.93. The second kappa shape index (κ2) is 6.30. The molecule has 0 spiro atoms. The predicted molar refractivity (Wildman–Crippen MR) is 84.2 cm³/mol. The molecule has 0 bridgehead atoms. The molecule has 4 N–H and O–H groups in total. The van der Waals surface area contributed by atoms with E-state index in [1.165, 1.54) is 4.57 Å². The van der Waals surface area contributed by atoms with E-state index in [9.17, 15) is 9.59 Å². The molecule has 0 fully saturated rings. The molecule has 0 saturated carbocycles. The first-order valence-electron chi connectivity index (χ1n) is 6.98. The van der Waals surface area contributed by atoms with Crippen molar-refractivity contribution in [1.29, 1.82) is 0 Å². The Balaban J connectivity index is 2.39. The second-order valence-corrected chi connectivity index (χ2v) is 4.93. The van der Waals surface area contributed by atoms with Crippen molar-refractivity contribution in [2.24, 2.45) is 0 Å². The Morgan fingerprint density at radius 1 is 1.00 bits per heavy atom. The number of nitrogens with zero attached hydrogens (tertiary/aromatic N) is 2. The summed E-state index contributed by atoms with van der Waals surface area (Å²) >= 11 is 0. The molecule has 112 valence electrons. The van der Waals surface area contributed by atoms with Crippen molar-refractivity contribution in [2.45, 2.75) is 32.9 Å². The third kappa shape index (κ3) is 2.99. The summed E-state index contributed by atoms with van der Waals surface area (Å²) in [5.74, 6) is 0.0493. The van der Waals surface area contributed by atoms with Gasteiger partial charge in [-0.25, -0.2) is 4.79 Å². The number of aryl methyl sites for hydroxylation is 1. The smallest absolute Gasteiger partial charge is 0.332 e. The fourth-order valence-corrected chi connectivity index (χ4v) is 2.26. The zero-order chi connectivity index (χ0) is 15.4. The number of aromatic nitrogens is 2. The number of hydrogen-bond acceptors (Lipinski definition) is 4. The largest absolute Gasteiger partial charge is 0.391 e. The van der Waals surface area contributed by atoms with E-state index in [1.54, 1.807) is 0 Å². The average Bonchev–Trinajstić information content (AvgIpc) is 2.50. The minimum atomic E-state index is -0.504. The van der Waals surface area contributed by atoms with Crippen LogP contribution in [0.2, 0.25) is 0 Å². The van der Waals surface area contributed by atoms with Crippen LogP contribution in [0.1, 0.15) is 18.9 Å². The molecule has 6 nitrogen and oxygen atoms in total. The Morgan fingerprint density at radius 3 is 2.29 bits per heavy atom. The number of anilines is 2. The van der Waals surface area contributed by atoms with E-state index in [1.807, 2.05) is 37.3 Å². The van der Waals surface area contributed by atoms with Crippen LogP contribution in [-0.2, 0) is 19.5 Å². The molecular weight excluding hydrogens is 268 g/mol. The zero-order valence-electron chi connectivity index (χ0n) is 12.1. The highest BCUT2D eigenvalue weighted by atomic mass is 16.2. The minimum Gasteiger partial charge on any atom is -0.391 e. The van der Waals surface area contributed by atoms with E-state index in [0.717, 1.165) is 10.1 Å². The fraction of sp³-hybridized carbons (Fsp3) is 0.333. The molecule has 1 aromatic heterocycles. The highest BCUT2D eigenvalue weighted by Crippen LogP contribution is 2.08. The first kappa shape index (κ1) is 14.9. The molecule has 0 amide bonds. The summed E-state index contributed by atoms with van der Waals surface area (Å²) in [4.78, 5) is 24.3. The van der Waals surface area contributed by atoms with Crippen LogP contribution in [0.25, 0.3) is 0 Å². The van der Waals surface area contributed by atoms with Crippen molar-refractivity contribution in [2.75, 3.05) is 11.5 Å². The molecule has 0 radical (unpaired) electrons. The first-order valence-corrected chi connectivity index (χ1v) is 6.98. The van der Waals surface area contributed by atoms with E-state index in [2.05, 4.69) is 0 Å². The number of rotatable bonds is 5. The van der Waals surface area contributed by atoms with Gasteiger partial charge in [0.05, 0.1) is 0 Å². The number of nitrogens with two attached hydrogens (primary N) is 2. The third-order valence-electron chi connectivity index (χ3n) is 3.42. The maximum Gasteiger partial charge on any atom is 0.332 e. The summed E-state index contributed by atoms with van der Waals surface area (Å²) in [5, 5.41) is 0. The van der Waals surface area contributed by atoms with Gasteiger partial charge < -0.3 is 11.5 Å². The molecule has 0 atom stereocenters. The van der Waals surface area contributed by atoms with Crippen LogP contribution in [0.5, 0.6) is 0 Å². The van der Waals surface area contributed by atoms with Gasteiger partial charge in [-0.15, -0.1) is 0 Å². The van der Waals surface area contributed by atoms with Gasteiger partial charge in [0.25, 0.3) is 5.56 Å². The third-order valence-corrected chi connectivity index (χ3v) is 3.42. The average molecular weight is 288 g/mol. The van der Waals surface area contributed by atoms with E-state index in [-0.39, 0.29) is 11.5 Å². The Kier molecular flexibility index (Phi) is 4.47. The van der Waals surface area contributed by atoms with Gasteiger partial charge in [0, 0.05) is 13.1 Å². The standard InChI is InChI=1S/C15H20N4O2/c1-2-9-19-14(20)12(16)13(17)18(15(19)21)10-8-11-6-4-3-5-7-11/h3-7H,2,8-10,16-17H2,1H3. The van der Waals surface area contributed by atoms with Gasteiger partial charge in [-0.1, -0.05) is 37.3 Å². The molecule has 0 saturated heterocycles. The molecule has 1 heterocycles. The van der Waals surface area contributed by atoms with E-state index >= 15 is 0 Å². The van der Waals surface area contributed by atoms with Crippen LogP contribution in [0.15, 0.2) is 39.9 Å². The van der Waals surface area contributed by atoms with Crippen LogP contribution in [0.3, 0.4) is 0 Å². The summed E-state index contributed by atoms with van der Waals surface area (Å²) < 4.78 is 2.52. The summed E-state index contributed by atoms with van der Waals surface area (Å²) in [5.41, 5.74) is 11.7. The monoisotopic (exact) mass is 288 g/mol. The first-order chi connectivity index (χ1) is 10.1.